The summed E-state index contributed by atoms with van der Waals surface area (Å²) in [6.07, 6.45) is -1.37. The summed E-state index contributed by atoms with van der Waals surface area (Å²) in [7, 11) is -2.32. The zero-order valence-corrected chi connectivity index (χ0v) is 18.9. The van der Waals surface area contributed by atoms with E-state index < -0.39 is 26.6 Å². The number of nitrogens with zero attached hydrogens (tertiary/aromatic N) is 1. The lowest BCUT2D eigenvalue weighted by Crippen LogP contribution is -2.66. The van der Waals surface area contributed by atoms with Gasteiger partial charge in [-0.1, -0.05) is 53.7 Å². The number of hydrogen-bond acceptors (Lipinski definition) is 5. The molecule has 7 heteroatoms. The molecule has 2 atom stereocenters. The van der Waals surface area contributed by atoms with Gasteiger partial charge in [-0.2, -0.15) is 0 Å². The van der Waals surface area contributed by atoms with Crippen molar-refractivity contribution >= 4 is 20.3 Å². The second-order valence-electron chi connectivity index (χ2n) is 8.30. The molecule has 1 saturated heterocycles. The van der Waals surface area contributed by atoms with Crippen LogP contribution >= 0.6 is 0 Å². The molecule has 0 bridgehead atoms. The molecule has 0 spiro atoms. The lowest BCUT2D eigenvalue weighted by molar-refractivity contribution is -0.161. The van der Waals surface area contributed by atoms with Crippen LogP contribution in [-0.4, -0.2) is 43.0 Å². The summed E-state index contributed by atoms with van der Waals surface area (Å²) >= 11 is 0. The highest BCUT2D eigenvalue weighted by molar-refractivity contribution is 6.77. The first-order chi connectivity index (χ1) is 13.1. The average molecular weight is 408 g/mol. The SMILES string of the molecule is CCOC(=O)N1C(=O)[C@H](O[Si](C(C)C)(C(C)C)C(C)C)[C@@H]1c1ccc(O)cc1. The fraction of sp³-hybridized carbons (Fsp3) is 0.619. The molecule has 1 heterocycles. The molecular formula is C21H33NO5Si. The second-order valence-corrected chi connectivity index (χ2v) is 13.7. The number of ether oxygens (including phenoxy) is 1. The third-order valence-electron chi connectivity index (χ3n) is 5.78. The highest BCUT2D eigenvalue weighted by atomic mass is 28.4. The maximum atomic E-state index is 12.9. The highest BCUT2D eigenvalue weighted by Gasteiger charge is 2.58. The molecule has 156 valence electrons. The lowest BCUT2D eigenvalue weighted by Gasteiger charge is -2.51. The Morgan fingerprint density at radius 3 is 2.00 bits per heavy atom. The maximum Gasteiger partial charge on any atom is 0.417 e. The first-order valence-electron chi connectivity index (χ1n) is 10.0. The topological polar surface area (TPSA) is 76.1 Å². The van der Waals surface area contributed by atoms with E-state index in [1.165, 1.54) is 0 Å². The number of rotatable bonds is 7. The number of aromatic hydroxyl groups is 1. The Balaban J connectivity index is 2.44. The van der Waals surface area contributed by atoms with Crippen molar-refractivity contribution < 1.29 is 23.9 Å². The van der Waals surface area contributed by atoms with Crippen LogP contribution < -0.4 is 0 Å². The van der Waals surface area contributed by atoms with Crippen molar-refractivity contribution in [2.24, 2.45) is 0 Å². The molecule has 1 aliphatic heterocycles. The van der Waals surface area contributed by atoms with Gasteiger partial charge in [-0.25, -0.2) is 9.69 Å². The van der Waals surface area contributed by atoms with Gasteiger partial charge in [0.25, 0.3) is 5.91 Å². The summed E-state index contributed by atoms with van der Waals surface area (Å²) in [6, 6.07) is 6.00. The number of imide groups is 1. The summed E-state index contributed by atoms with van der Waals surface area (Å²) in [4.78, 5) is 26.5. The molecule has 1 aliphatic rings. The molecule has 6 nitrogen and oxygen atoms in total. The first kappa shape index (κ1) is 22.4. The van der Waals surface area contributed by atoms with Gasteiger partial charge in [0.2, 0.25) is 8.32 Å². The number of amides is 2. The van der Waals surface area contributed by atoms with Gasteiger partial charge in [-0.3, -0.25) is 4.79 Å². The van der Waals surface area contributed by atoms with Crippen LogP contribution in [0.4, 0.5) is 4.79 Å². The predicted octanol–water partition coefficient (Wildman–Crippen LogP) is 4.99. The van der Waals surface area contributed by atoms with E-state index in [0.29, 0.717) is 16.6 Å². The zero-order valence-electron chi connectivity index (χ0n) is 17.9. The number of likely N-dealkylation sites (tertiary alicyclic amines) is 1. The fourth-order valence-electron chi connectivity index (χ4n) is 4.60. The number of benzene rings is 1. The Kier molecular flexibility index (Phi) is 6.93. The summed E-state index contributed by atoms with van der Waals surface area (Å²) in [5.41, 5.74) is 1.70. The van der Waals surface area contributed by atoms with Crippen molar-refractivity contribution in [3.05, 3.63) is 29.8 Å². The molecule has 2 rings (SSSR count). The van der Waals surface area contributed by atoms with Crippen LogP contribution in [0, 0.1) is 0 Å². The Bertz CT molecular complexity index is 679. The summed E-state index contributed by atoms with van der Waals surface area (Å²) in [5.74, 6) is -0.222. The standard InChI is InChI=1S/C21H33NO5Si/c1-8-26-21(25)22-18(16-9-11-17(23)12-10-16)19(20(22)24)27-28(13(2)3,14(4)5)15(6)7/h9-15,18-19,23H,8H2,1-7H3/t18-,19+/m0/s1. The van der Waals surface area contributed by atoms with E-state index in [1.54, 1.807) is 31.2 Å². The van der Waals surface area contributed by atoms with Gasteiger partial charge in [-0.05, 0) is 41.2 Å². The molecule has 0 aromatic heterocycles. The number of carbonyl (C=O) groups is 2. The van der Waals surface area contributed by atoms with Crippen LogP contribution in [0.5, 0.6) is 5.75 Å². The Hall–Kier alpha value is -1.86. The van der Waals surface area contributed by atoms with Crippen molar-refractivity contribution in [2.75, 3.05) is 6.61 Å². The van der Waals surface area contributed by atoms with E-state index in [2.05, 4.69) is 41.5 Å². The minimum Gasteiger partial charge on any atom is -0.508 e. The Labute approximate surface area is 169 Å². The van der Waals surface area contributed by atoms with Gasteiger partial charge >= 0.3 is 6.09 Å². The number of hydrogen-bond donors (Lipinski definition) is 1. The third kappa shape index (κ3) is 3.82. The lowest BCUT2D eigenvalue weighted by atomic mass is 9.91. The van der Waals surface area contributed by atoms with Crippen LogP contribution in [0.25, 0.3) is 0 Å². The Morgan fingerprint density at radius 1 is 1.07 bits per heavy atom. The van der Waals surface area contributed by atoms with Crippen molar-refractivity contribution in [2.45, 2.75) is 77.2 Å². The van der Waals surface area contributed by atoms with Crippen LogP contribution in [0.15, 0.2) is 24.3 Å². The largest absolute Gasteiger partial charge is 0.508 e. The molecule has 1 aromatic rings. The molecule has 2 amide bonds. The molecule has 1 N–H and O–H groups in total. The average Bonchev–Trinajstić information content (AvgIpc) is 2.60. The minimum atomic E-state index is -2.32. The van der Waals surface area contributed by atoms with E-state index in [-0.39, 0.29) is 18.3 Å². The van der Waals surface area contributed by atoms with Crippen molar-refractivity contribution in [1.29, 1.82) is 0 Å². The number of phenols is 1. The van der Waals surface area contributed by atoms with Crippen LogP contribution in [-0.2, 0) is 14.0 Å². The van der Waals surface area contributed by atoms with Gasteiger partial charge in [0.15, 0.2) is 6.10 Å². The number of β-lactam (4-membered cyclic amide) rings is 1. The molecule has 0 aliphatic carbocycles. The van der Waals surface area contributed by atoms with Gasteiger partial charge < -0.3 is 14.3 Å². The molecular weight excluding hydrogens is 374 g/mol. The summed E-state index contributed by atoms with van der Waals surface area (Å²) in [5, 5.41) is 9.61. The van der Waals surface area contributed by atoms with Gasteiger partial charge in [-0.15, -0.1) is 0 Å². The highest BCUT2D eigenvalue weighted by Crippen LogP contribution is 2.48. The Morgan fingerprint density at radius 2 is 1.57 bits per heavy atom. The monoisotopic (exact) mass is 407 g/mol. The van der Waals surface area contributed by atoms with Crippen LogP contribution in [0.3, 0.4) is 0 Å². The predicted molar refractivity (Wildman–Crippen MR) is 111 cm³/mol. The van der Waals surface area contributed by atoms with Crippen molar-refractivity contribution in [3.8, 4) is 5.75 Å². The van der Waals surface area contributed by atoms with E-state index >= 15 is 0 Å². The quantitative estimate of drug-likeness (QED) is 0.509. The molecule has 0 radical (unpaired) electrons. The van der Waals surface area contributed by atoms with E-state index in [4.69, 9.17) is 9.16 Å². The minimum absolute atomic E-state index is 0.129. The van der Waals surface area contributed by atoms with E-state index in [1.807, 2.05) is 0 Å². The fourth-order valence-corrected chi connectivity index (χ4v) is 10.1. The maximum absolute atomic E-state index is 12.9. The van der Waals surface area contributed by atoms with Gasteiger partial charge in [0.1, 0.15) is 11.8 Å². The normalized spacial score (nSPS) is 20.1. The zero-order chi connectivity index (χ0) is 21.2. The molecule has 1 fully saturated rings. The number of phenolic OH excluding ortho intramolecular Hbond substituents is 1. The third-order valence-corrected chi connectivity index (χ3v) is 11.9. The number of carbonyl (C=O) groups excluding carboxylic acids is 2. The smallest absolute Gasteiger partial charge is 0.417 e. The second kappa shape index (κ2) is 8.65. The van der Waals surface area contributed by atoms with Crippen LogP contribution in [0.1, 0.15) is 60.1 Å². The summed E-state index contributed by atoms with van der Waals surface area (Å²) < 4.78 is 11.8. The molecule has 0 unspecified atom stereocenters. The van der Waals surface area contributed by atoms with E-state index in [0.717, 1.165) is 10.5 Å². The first-order valence-corrected chi connectivity index (χ1v) is 12.2. The van der Waals surface area contributed by atoms with Crippen molar-refractivity contribution in [1.82, 2.24) is 4.90 Å². The van der Waals surface area contributed by atoms with Crippen molar-refractivity contribution in [3.63, 3.8) is 0 Å². The molecule has 1 aromatic carbocycles. The van der Waals surface area contributed by atoms with Crippen LogP contribution in [0.2, 0.25) is 16.6 Å². The van der Waals surface area contributed by atoms with Gasteiger partial charge in [0, 0.05) is 0 Å². The van der Waals surface area contributed by atoms with E-state index in [9.17, 15) is 14.7 Å². The molecule has 28 heavy (non-hydrogen) atoms. The summed E-state index contributed by atoms with van der Waals surface area (Å²) in [6.45, 7) is 14.9. The van der Waals surface area contributed by atoms with Gasteiger partial charge in [0.05, 0.1) is 6.61 Å². The molecule has 0 saturated carbocycles.